The van der Waals surface area contributed by atoms with Gasteiger partial charge in [-0.2, -0.15) is 0 Å². The first-order valence-electron chi connectivity index (χ1n) is 15.1. The number of hydrogen-bond acceptors (Lipinski definition) is 3. The molecule has 0 bridgehead atoms. The van der Waals surface area contributed by atoms with Crippen LogP contribution in [0.4, 0.5) is 0 Å². The summed E-state index contributed by atoms with van der Waals surface area (Å²) in [6.07, 6.45) is 14.2. The Hall–Kier alpha value is -1.36. The summed E-state index contributed by atoms with van der Waals surface area (Å²) in [5.41, 5.74) is 2.28. The number of hydrogen-bond donors (Lipinski definition) is 1. The first-order chi connectivity index (χ1) is 17.2. The van der Waals surface area contributed by atoms with Crippen LogP contribution in [0, 0.1) is 40.4 Å². The van der Waals surface area contributed by atoms with Gasteiger partial charge in [-0.25, -0.2) is 0 Å². The van der Waals surface area contributed by atoms with Gasteiger partial charge in [-0.3, -0.25) is 9.59 Å². The van der Waals surface area contributed by atoms with Crippen molar-refractivity contribution in [3.63, 3.8) is 0 Å². The van der Waals surface area contributed by atoms with Gasteiger partial charge in [0, 0.05) is 39.0 Å². The summed E-state index contributed by atoms with van der Waals surface area (Å²) in [6, 6.07) is 0. The van der Waals surface area contributed by atoms with Crippen LogP contribution >= 0.6 is 0 Å². The Morgan fingerprint density at radius 2 is 1.69 bits per heavy atom. The van der Waals surface area contributed by atoms with Crippen molar-refractivity contribution >= 4 is 11.8 Å². The van der Waals surface area contributed by atoms with Crippen molar-refractivity contribution in [1.29, 1.82) is 0 Å². The fourth-order valence-electron chi connectivity index (χ4n) is 9.76. The number of amides is 2. The number of carbonyl (C=O) groups is 2. The zero-order chi connectivity index (χ0) is 25.7. The molecule has 0 spiro atoms. The van der Waals surface area contributed by atoms with Crippen LogP contribution in [0.15, 0.2) is 11.6 Å². The first-order valence-corrected chi connectivity index (χ1v) is 15.1. The van der Waals surface area contributed by atoms with E-state index in [1.807, 2.05) is 16.7 Å². The molecule has 4 fully saturated rings. The van der Waals surface area contributed by atoms with Crippen LogP contribution in [-0.4, -0.2) is 59.0 Å². The molecule has 0 aromatic heterocycles. The Kier molecular flexibility index (Phi) is 7.35. The normalized spacial score (nSPS) is 41.1. The smallest absolute Gasteiger partial charge is 0.222 e. The lowest BCUT2D eigenvalue weighted by atomic mass is 9.47. The van der Waals surface area contributed by atoms with Crippen molar-refractivity contribution in [2.45, 2.75) is 104 Å². The van der Waals surface area contributed by atoms with E-state index in [1.54, 1.807) is 5.57 Å². The maximum atomic E-state index is 13.0. The number of aliphatic hydroxyl groups is 1. The van der Waals surface area contributed by atoms with Crippen molar-refractivity contribution in [3.8, 4) is 0 Å². The molecule has 0 aromatic rings. The van der Waals surface area contributed by atoms with Crippen molar-refractivity contribution < 1.29 is 14.7 Å². The topological polar surface area (TPSA) is 60.9 Å². The van der Waals surface area contributed by atoms with E-state index in [1.165, 1.54) is 32.1 Å². The molecule has 4 aliphatic carbocycles. The Labute approximate surface area is 219 Å². The third-order valence-electron chi connectivity index (χ3n) is 11.9. The third-order valence-corrected chi connectivity index (χ3v) is 11.9. The molecule has 0 radical (unpaired) electrons. The number of nitrogens with zero attached hydrogens (tertiary/aromatic N) is 2. The van der Waals surface area contributed by atoms with Crippen molar-refractivity contribution in [2.75, 3.05) is 26.2 Å². The molecular weight excluding hydrogens is 448 g/mol. The molecule has 8 atom stereocenters. The second-order valence-corrected chi connectivity index (χ2v) is 13.5. The van der Waals surface area contributed by atoms with Gasteiger partial charge >= 0.3 is 0 Å². The Morgan fingerprint density at radius 3 is 2.39 bits per heavy atom. The second-order valence-electron chi connectivity index (χ2n) is 13.5. The highest BCUT2D eigenvalue weighted by atomic mass is 16.3. The first kappa shape index (κ1) is 26.3. The summed E-state index contributed by atoms with van der Waals surface area (Å²) in [7, 11) is 0. The van der Waals surface area contributed by atoms with Gasteiger partial charge in [0.2, 0.25) is 11.8 Å². The standard InChI is InChI=1S/C31H50N2O3/c1-5-28(35)32-16-18-33(19-17-32)29(36)11-6-21(2)25-9-10-26-24-8-7-22-20-23(34)12-14-30(22,3)27(24)13-15-31(25,26)4/h7,21,23-27,34H,5-6,8-20H2,1-4H3/t21-,23+,24+,25-,26+,27+,30+,31-/m1/s1. The molecule has 0 unspecified atom stereocenters. The summed E-state index contributed by atoms with van der Waals surface area (Å²) in [6.45, 7) is 12.2. The summed E-state index contributed by atoms with van der Waals surface area (Å²) < 4.78 is 0. The lowest BCUT2D eigenvalue weighted by molar-refractivity contribution is -0.139. The molecule has 5 aliphatic rings. The van der Waals surface area contributed by atoms with Gasteiger partial charge in [0.1, 0.15) is 0 Å². The highest BCUT2D eigenvalue weighted by molar-refractivity contribution is 5.78. The van der Waals surface area contributed by atoms with E-state index in [9.17, 15) is 14.7 Å². The van der Waals surface area contributed by atoms with Gasteiger partial charge in [0.05, 0.1) is 6.10 Å². The van der Waals surface area contributed by atoms with Crippen LogP contribution in [0.25, 0.3) is 0 Å². The highest BCUT2D eigenvalue weighted by Crippen LogP contribution is 2.67. The lowest BCUT2D eigenvalue weighted by Gasteiger charge is -2.58. The summed E-state index contributed by atoms with van der Waals surface area (Å²) in [4.78, 5) is 28.8. The molecule has 202 valence electrons. The highest BCUT2D eigenvalue weighted by Gasteiger charge is 2.59. The Balaban J connectivity index is 1.18. The van der Waals surface area contributed by atoms with Crippen LogP contribution in [0.3, 0.4) is 0 Å². The average molecular weight is 499 g/mol. The summed E-state index contributed by atoms with van der Waals surface area (Å²) in [5, 5.41) is 10.3. The Morgan fingerprint density at radius 1 is 1.00 bits per heavy atom. The molecule has 36 heavy (non-hydrogen) atoms. The predicted molar refractivity (Wildman–Crippen MR) is 143 cm³/mol. The molecule has 5 heteroatoms. The van der Waals surface area contributed by atoms with Crippen LogP contribution in [0.5, 0.6) is 0 Å². The van der Waals surface area contributed by atoms with E-state index < -0.39 is 0 Å². The number of aliphatic hydroxyl groups excluding tert-OH is 1. The molecule has 0 aromatic carbocycles. The number of piperazine rings is 1. The zero-order valence-electron chi connectivity index (χ0n) is 23.3. The maximum Gasteiger partial charge on any atom is 0.222 e. The molecule has 2 amide bonds. The van der Waals surface area contributed by atoms with Crippen LogP contribution < -0.4 is 0 Å². The van der Waals surface area contributed by atoms with E-state index in [0.29, 0.717) is 55.8 Å². The van der Waals surface area contributed by atoms with E-state index in [-0.39, 0.29) is 17.9 Å². The largest absolute Gasteiger partial charge is 0.393 e. The zero-order valence-corrected chi connectivity index (χ0v) is 23.3. The van der Waals surface area contributed by atoms with Crippen LogP contribution in [0.2, 0.25) is 0 Å². The van der Waals surface area contributed by atoms with E-state index in [2.05, 4.69) is 26.8 Å². The van der Waals surface area contributed by atoms with Crippen LogP contribution in [-0.2, 0) is 9.59 Å². The number of allylic oxidation sites excluding steroid dienone is 1. The minimum absolute atomic E-state index is 0.128. The second kappa shape index (κ2) is 10.1. The van der Waals surface area contributed by atoms with Gasteiger partial charge < -0.3 is 14.9 Å². The Bertz CT molecular complexity index is 877. The summed E-state index contributed by atoms with van der Waals surface area (Å²) >= 11 is 0. The molecule has 3 saturated carbocycles. The lowest BCUT2D eigenvalue weighted by Crippen LogP contribution is -2.51. The van der Waals surface area contributed by atoms with Crippen LogP contribution in [0.1, 0.15) is 98.3 Å². The SMILES string of the molecule is CCC(=O)N1CCN(C(=O)CC[C@@H](C)[C@H]2CC[C@H]3[C@@H]4CC=C5C[C@@H](O)CC[C@]5(C)[C@H]4CC[C@]23C)CC1. The van der Waals surface area contributed by atoms with Gasteiger partial charge in [0.25, 0.3) is 0 Å². The summed E-state index contributed by atoms with van der Waals surface area (Å²) in [5.74, 6) is 4.19. The molecule has 1 saturated heterocycles. The van der Waals surface area contributed by atoms with E-state index in [0.717, 1.165) is 49.4 Å². The van der Waals surface area contributed by atoms with Crippen molar-refractivity contribution in [1.82, 2.24) is 9.80 Å². The van der Waals surface area contributed by atoms with E-state index >= 15 is 0 Å². The minimum atomic E-state index is -0.128. The average Bonchev–Trinajstić information content (AvgIpc) is 3.24. The van der Waals surface area contributed by atoms with Gasteiger partial charge in [0.15, 0.2) is 0 Å². The predicted octanol–water partition coefficient (Wildman–Crippen LogP) is 5.42. The molecule has 1 heterocycles. The third kappa shape index (κ3) is 4.46. The van der Waals surface area contributed by atoms with Gasteiger partial charge in [-0.15, -0.1) is 0 Å². The molecule has 5 nitrogen and oxygen atoms in total. The van der Waals surface area contributed by atoms with E-state index in [4.69, 9.17) is 0 Å². The fraction of sp³-hybridized carbons (Fsp3) is 0.871. The molecule has 1 N–H and O–H groups in total. The fourth-order valence-corrected chi connectivity index (χ4v) is 9.76. The van der Waals surface area contributed by atoms with Gasteiger partial charge in [-0.05, 0) is 98.2 Å². The monoisotopic (exact) mass is 498 g/mol. The maximum absolute atomic E-state index is 13.0. The molecule has 5 rings (SSSR count). The number of rotatable bonds is 5. The number of carbonyl (C=O) groups excluding carboxylic acids is 2. The van der Waals surface area contributed by atoms with Crippen molar-refractivity contribution in [3.05, 3.63) is 11.6 Å². The van der Waals surface area contributed by atoms with Crippen molar-refractivity contribution in [2.24, 2.45) is 40.4 Å². The molecular formula is C31H50N2O3. The quantitative estimate of drug-likeness (QED) is 0.515. The minimum Gasteiger partial charge on any atom is -0.393 e. The van der Waals surface area contributed by atoms with Gasteiger partial charge in [-0.1, -0.05) is 39.3 Å². The number of fused-ring (bicyclic) bond motifs is 5. The molecule has 1 aliphatic heterocycles.